The minimum absolute atomic E-state index is 0.406. The van der Waals surface area contributed by atoms with Crippen LogP contribution >= 0.6 is 0 Å². The van der Waals surface area contributed by atoms with Gasteiger partial charge in [0, 0.05) is 49.9 Å². The molecule has 0 radical (unpaired) electrons. The molecule has 4 heterocycles. The van der Waals surface area contributed by atoms with E-state index < -0.39 is 0 Å². The molecule has 2 fully saturated rings. The van der Waals surface area contributed by atoms with Gasteiger partial charge < -0.3 is 9.80 Å². The molecule has 1 atom stereocenters. The van der Waals surface area contributed by atoms with Gasteiger partial charge in [0.25, 0.3) is 0 Å². The molecule has 0 spiro atoms. The number of pyridine rings is 1. The Morgan fingerprint density at radius 1 is 1.08 bits per heavy atom. The number of fused-ring (bicyclic) bond motifs is 1. The van der Waals surface area contributed by atoms with Crippen LogP contribution in [0.1, 0.15) is 31.0 Å². The van der Waals surface area contributed by atoms with Gasteiger partial charge in [-0.3, -0.25) is 4.98 Å². The fourth-order valence-corrected chi connectivity index (χ4v) is 3.68. The first-order valence-corrected chi connectivity index (χ1v) is 9.15. The van der Waals surface area contributed by atoms with Gasteiger partial charge in [-0.15, -0.1) is 0 Å². The van der Waals surface area contributed by atoms with E-state index in [1.165, 1.54) is 12.8 Å². The quantitative estimate of drug-likeness (QED) is 0.717. The van der Waals surface area contributed by atoms with Gasteiger partial charge in [-0.25, -0.2) is 19.9 Å². The molecule has 3 aromatic rings. The van der Waals surface area contributed by atoms with Crippen molar-refractivity contribution in [1.29, 1.82) is 0 Å². The molecule has 1 unspecified atom stereocenters. The molecule has 26 heavy (non-hydrogen) atoms. The molecule has 1 saturated heterocycles. The summed E-state index contributed by atoms with van der Waals surface area (Å²) in [6.45, 7) is 1.90. The SMILES string of the molecule is CN(c1ccnc(C2CC2)n1)C1CCN(c2ncnc3cnccc23)C1. The number of aromatic nitrogens is 5. The maximum absolute atomic E-state index is 4.79. The maximum Gasteiger partial charge on any atom is 0.140 e. The number of likely N-dealkylation sites (N-methyl/N-ethyl adjacent to an activating group) is 1. The van der Waals surface area contributed by atoms with Gasteiger partial charge in [0.1, 0.15) is 23.8 Å². The number of nitrogens with zero attached hydrogens (tertiary/aromatic N) is 7. The highest BCUT2D eigenvalue weighted by Gasteiger charge is 2.30. The molecule has 5 rings (SSSR count). The molecule has 2 aliphatic rings. The molecule has 1 saturated carbocycles. The Labute approximate surface area is 152 Å². The Morgan fingerprint density at radius 2 is 2.00 bits per heavy atom. The molecule has 0 bridgehead atoms. The Kier molecular flexibility index (Phi) is 3.65. The minimum Gasteiger partial charge on any atom is -0.355 e. The van der Waals surface area contributed by atoms with E-state index in [-0.39, 0.29) is 0 Å². The van der Waals surface area contributed by atoms with Crippen LogP contribution in [0.5, 0.6) is 0 Å². The summed E-state index contributed by atoms with van der Waals surface area (Å²) in [7, 11) is 2.13. The smallest absolute Gasteiger partial charge is 0.140 e. The van der Waals surface area contributed by atoms with Gasteiger partial charge in [0.2, 0.25) is 0 Å². The molecular weight excluding hydrogens is 326 g/mol. The number of hydrogen-bond donors (Lipinski definition) is 0. The Hall–Kier alpha value is -2.83. The summed E-state index contributed by atoms with van der Waals surface area (Å²) in [4.78, 5) is 26.9. The summed E-state index contributed by atoms with van der Waals surface area (Å²) in [5.41, 5.74) is 0.888. The molecule has 1 aliphatic carbocycles. The van der Waals surface area contributed by atoms with E-state index in [1.54, 1.807) is 18.7 Å². The summed E-state index contributed by atoms with van der Waals surface area (Å²) in [6, 6.07) is 4.41. The van der Waals surface area contributed by atoms with Gasteiger partial charge in [-0.2, -0.15) is 0 Å². The lowest BCUT2D eigenvalue weighted by Crippen LogP contribution is -2.35. The lowest BCUT2D eigenvalue weighted by atomic mass is 10.2. The van der Waals surface area contributed by atoms with Crippen LogP contribution in [0.3, 0.4) is 0 Å². The maximum atomic E-state index is 4.79. The second-order valence-corrected chi connectivity index (χ2v) is 7.14. The van der Waals surface area contributed by atoms with Gasteiger partial charge in [-0.05, 0) is 31.4 Å². The lowest BCUT2D eigenvalue weighted by Gasteiger charge is -2.26. The van der Waals surface area contributed by atoms with E-state index in [9.17, 15) is 0 Å². The van der Waals surface area contributed by atoms with E-state index >= 15 is 0 Å². The predicted molar refractivity (Wildman–Crippen MR) is 100 cm³/mol. The van der Waals surface area contributed by atoms with E-state index in [1.807, 2.05) is 18.3 Å². The van der Waals surface area contributed by atoms with Crippen molar-refractivity contribution in [3.63, 3.8) is 0 Å². The molecule has 7 nitrogen and oxygen atoms in total. The molecule has 3 aromatic heterocycles. The lowest BCUT2D eigenvalue weighted by molar-refractivity contribution is 0.679. The third-order valence-electron chi connectivity index (χ3n) is 5.39. The zero-order valence-corrected chi connectivity index (χ0v) is 14.8. The van der Waals surface area contributed by atoms with E-state index in [4.69, 9.17) is 4.98 Å². The summed E-state index contributed by atoms with van der Waals surface area (Å²) in [6.07, 6.45) is 10.6. The van der Waals surface area contributed by atoms with Crippen LogP contribution in [0.2, 0.25) is 0 Å². The Bertz CT molecular complexity index is 935. The number of hydrogen-bond acceptors (Lipinski definition) is 7. The molecule has 0 aromatic carbocycles. The van der Waals surface area contributed by atoms with Crippen molar-refractivity contribution in [2.24, 2.45) is 0 Å². The average molecular weight is 347 g/mol. The van der Waals surface area contributed by atoms with Crippen LogP contribution in [0.25, 0.3) is 10.9 Å². The topological polar surface area (TPSA) is 70.9 Å². The molecular formula is C19H21N7. The summed E-state index contributed by atoms with van der Waals surface area (Å²) in [5.74, 6) is 3.59. The predicted octanol–water partition coefficient (Wildman–Crippen LogP) is 2.41. The molecule has 0 amide bonds. The minimum atomic E-state index is 0.406. The molecule has 132 valence electrons. The van der Waals surface area contributed by atoms with Crippen LogP contribution in [0.4, 0.5) is 11.6 Å². The first-order valence-electron chi connectivity index (χ1n) is 9.15. The van der Waals surface area contributed by atoms with Crippen molar-refractivity contribution in [2.75, 3.05) is 29.9 Å². The standard InChI is InChI=1S/C19H21N7/c1-25(17-5-8-21-18(24-17)13-2-3-13)14-6-9-26(11-14)19-15-4-7-20-10-16(15)22-12-23-19/h4-5,7-8,10,12-14H,2-3,6,9,11H2,1H3. The van der Waals surface area contributed by atoms with Crippen LogP contribution in [-0.4, -0.2) is 51.1 Å². The fourth-order valence-electron chi connectivity index (χ4n) is 3.68. The van der Waals surface area contributed by atoms with Gasteiger partial charge >= 0.3 is 0 Å². The van der Waals surface area contributed by atoms with Crippen molar-refractivity contribution in [2.45, 2.75) is 31.2 Å². The van der Waals surface area contributed by atoms with Gasteiger partial charge in [-0.1, -0.05) is 0 Å². The third-order valence-corrected chi connectivity index (χ3v) is 5.39. The van der Waals surface area contributed by atoms with Crippen LogP contribution < -0.4 is 9.80 Å². The van der Waals surface area contributed by atoms with E-state index in [0.29, 0.717) is 12.0 Å². The largest absolute Gasteiger partial charge is 0.355 e. The van der Waals surface area contributed by atoms with Crippen molar-refractivity contribution in [3.05, 3.63) is 42.9 Å². The summed E-state index contributed by atoms with van der Waals surface area (Å²) < 4.78 is 0. The van der Waals surface area contributed by atoms with Crippen molar-refractivity contribution < 1.29 is 0 Å². The third kappa shape index (κ3) is 2.73. The first-order chi connectivity index (χ1) is 12.8. The van der Waals surface area contributed by atoms with Crippen molar-refractivity contribution >= 4 is 22.5 Å². The van der Waals surface area contributed by atoms with Crippen LogP contribution in [0, 0.1) is 0 Å². The number of rotatable bonds is 4. The normalized spacial score (nSPS) is 19.9. The van der Waals surface area contributed by atoms with E-state index in [2.05, 4.69) is 36.8 Å². The van der Waals surface area contributed by atoms with Crippen molar-refractivity contribution in [1.82, 2.24) is 24.9 Å². The zero-order valence-electron chi connectivity index (χ0n) is 14.8. The molecule has 0 N–H and O–H groups in total. The van der Waals surface area contributed by atoms with Crippen molar-refractivity contribution in [3.8, 4) is 0 Å². The second-order valence-electron chi connectivity index (χ2n) is 7.14. The van der Waals surface area contributed by atoms with Crippen LogP contribution in [0.15, 0.2) is 37.1 Å². The zero-order chi connectivity index (χ0) is 17.5. The highest BCUT2D eigenvalue weighted by molar-refractivity contribution is 5.88. The second kappa shape index (κ2) is 6.16. The average Bonchev–Trinajstić information content (AvgIpc) is 3.44. The Balaban J connectivity index is 1.37. The molecule has 7 heteroatoms. The number of anilines is 2. The van der Waals surface area contributed by atoms with Gasteiger partial charge in [0.05, 0.1) is 11.7 Å². The van der Waals surface area contributed by atoms with E-state index in [0.717, 1.165) is 47.9 Å². The summed E-state index contributed by atoms with van der Waals surface area (Å²) in [5, 5.41) is 1.06. The molecule has 1 aliphatic heterocycles. The highest BCUT2D eigenvalue weighted by atomic mass is 15.3. The Morgan fingerprint density at radius 3 is 2.88 bits per heavy atom. The fraction of sp³-hybridized carbons (Fsp3) is 0.421. The summed E-state index contributed by atoms with van der Waals surface area (Å²) >= 11 is 0. The monoisotopic (exact) mass is 347 g/mol. The highest BCUT2D eigenvalue weighted by Crippen LogP contribution is 2.38. The first kappa shape index (κ1) is 15.4. The van der Waals surface area contributed by atoms with Crippen LogP contribution in [-0.2, 0) is 0 Å². The van der Waals surface area contributed by atoms with Gasteiger partial charge in [0.15, 0.2) is 0 Å².